The summed E-state index contributed by atoms with van der Waals surface area (Å²) in [5.74, 6) is -0.853. The van der Waals surface area contributed by atoms with Crippen LogP contribution in [0, 0.1) is 17.0 Å². The van der Waals surface area contributed by atoms with Gasteiger partial charge in [-0.15, -0.1) is 0 Å². The van der Waals surface area contributed by atoms with Crippen molar-refractivity contribution in [3.05, 3.63) is 27.8 Å². The van der Waals surface area contributed by atoms with Gasteiger partial charge in [-0.25, -0.2) is 8.42 Å². The summed E-state index contributed by atoms with van der Waals surface area (Å²) in [6.45, 7) is -1.97. The smallest absolute Gasteiger partial charge is 0.387 e. The Hall–Kier alpha value is -1.48. The number of halogens is 3. The highest BCUT2D eigenvalue weighted by Gasteiger charge is 2.30. The summed E-state index contributed by atoms with van der Waals surface area (Å²) in [6.07, 6.45) is 0. The molecule has 18 heavy (non-hydrogen) atoms. The van der Waals surface area contributed by atoms with Crippen molar-refractivity contribution < 1.29 is 26.9 Å². The molecule has 0 fully saturated rings. The Balaban J connectivity index is 3.62. The van der Waals surface area contributed by atoms with Gasteiger partial charge in [-0.1, -0.05) is 0 Å². The molecule has 100 valence electrons. The maximum atomic E-state index is 12.1. The first-order chi connectivity index (χ1) is 8.12. The molecule has 10 heteroatoms. The van der Waals surface area contributed by atoms with Crippen molar-refractivity contribution in [2.75, 3.05) is 0 Å². The molecule has 6 nitrogen and oxygen atoms in total. The second-order valence-corrected chi connectivity index (χ2v) is 5.72. The standard InChI is InChI=1S/C8H6ClF2NO5S/c1-4-2-5(17-8(10)11)7(12(13)14)6(3-4)18(9,15)16/h2-3,8H,1H3. The molecule has 1 rings (SSSR count). The van der Waals surface area contributed by atoms with Gasteiger partial charge in [0.1, 0.15) is 0 Å². The van der Waals surface area contributed by atoms with Crippen molar-refractivity contribution in [1.82, 2.24) is 0 Å². The topological polar surface area (TPSA) is 86.5 Å². The predicted octanol–water partition coefficient (Wildman–Crippen LogP) is 2.43. The van der Waals surface area contributed by atoms with Crippen LogP contribution in [0.1, 0.15) is 5.56 Å². The van der Waals surface area contributed by atoms with Crippen LogP contribution in [0.5, 0.6) is 5.75 Å². The number of nitrogens with zero attached hydrogens (tertiary/aromatic N) is 1. The van der Waals surface area contributed by atoms with E-state index in [-0.39, 0.29) is 5.56 Å². The van der Waals surface area contributed by atoms with Crippen LogP contribution in [0.15, 0.2) is 17.0 Å². The van der Waals surface area contributed by atoms with Gasteiger partial charge in [0.15, 0.2) is 4.90 Å². The monoisotopic (exact) mass is 301 g/mol. The van der Waals surface area contributed by atoms with Gasteiger partial charge in [-0.2, -0.15) is 8.78 Å². The van der Waals surface area contributed by atoms with Crippen molar-refractivity contribution in [3.63, 3.8) is 0 Å². The number of nitro groups is 1. The zero-order valence-electron chi connectivity index (χ0n) is 8.76. The lowest BCUT2D eigenvalue weighted by Gasteiger charge is -2.08. The summed E-state index contributed by atoms with van der Waals surface area (Å²) in [5.41, 5.74) is -0.939. The van der Waals surface area contributed by atoms with Crippen molar-refractivity contribution in [2.24, 2.45) is 0 Å². The molecule has 0 aliphatic heterocycles. The Bertz CT molecular complexity index is 589. The molecule has 0 bridgehead atoms. The number of hydrogen-bond acceptors (Lipinski definition) is 5. The molecule has 0 saturated heterocycles. The quantitative estimate of drug-likeness (QED) is 0.484. The number of ether oxygens (including phenoxy) is 1. The van der Waals surface area contributed by atoms with E-state index >= 15 is 0 Å². The first kappa shape index (κ1) is 14.6. The van der Waals surface area contributed by atoms with Gasteiger partial charge in [-0.05, 0) is 24.6 Å². The van der Waals surface area contributed by atoms with E-state index in [2.05, 4.69) is 4.74 Å². The number of rotatable bonds is 4. The zero-order chi connectivity index (χ0) is 14.1. The van der Waals surface area contributed by atoms with Gasteiger partial charge >= 0.3 is 12.3 Å². The average Bonchev–Trinajstić information content (AvgIpc) is 2.13. The molecule has 0 spiro atoms. The number of aryl methyl sites for hydroxylation is 1. The Morgan fingerprint density at radius 3 is 2.39 bits per heavy atom. The molecule has 0 unspecified atom stereocenters. The van der Waals surface area contributed by atoms with E-state index in [0.717, 1.165) is 12.1 Å². The molecule has 0 N–H and O–H groups in total. The summed E-state index contributed by atoms with van der Waals surface area (Å²) in [4.78, 5) is 8.71. The molecule has 0 aromatic heterocycles. The second kappa shape index (κ2) is 5.02. The minimum absolute atomic E-state index is 0.176. The molecule has 0 aliphatic carbocycles. The lowest BCUT2D eigenvalue weighted by molar-refractivity contribution is -0.389. The van der Waals surface area contributed by atoms with Crippen molar-refractivity contribution in [1.29, 1.82) is 0 Å². The maximum Gasteiger partial charge on any atom is 0.387 e. The van der Waals surface area contributed by atoms with E-state index in [1.54, 1.807) is 0 Å². The minimum atomic E-state index is -4.45. The van der Waals surface area contributed by atoms with Crippen LogP contribution in [0.25, 0.3) is 0 Å². The second-order valence-electron chi connectivity index (χ2n) is 3.18. The molecular formula is C8H6ClF2NO5S. The van der Waals surface area contributed by atoms with Crippen LogP contribution in [-0.2, 0) is 9.05 Å². The molecule has 0 amide bonds. The van der Waals surface area contributed by atoms with Crippen LogP contribution in [0.4, 0.5) is 14.5 Å². The molecule has 1 aromatic carbocycles. The summed E-state index contributed by atoms with van der Waals surface area (Å²) in [6, 6.07) is 1.83. The first-order valence-corrected chi connectivity index (χ1v) is 6.62. The van der Waals surface area contributed by atoms with Gasteiger partial charge in [0, 0.05) is 10.7 Å². The SMILES string of the molecule is Cc1cc(OC(F)F)c([N+](=O)[O-])c(S(=O)(=O)Cl)c1. The Kier molecular flexibility index (Phi) is 4.07. The molecule has 0 radical (unpaired) electrons. The van der Waals surface area contributed by atoms with Crippen LogP contribution in [-0.4, -0.2) is 20.0 Å². The molecular weight excluding hydrogens is 296 g/mol. The Labute approximate surface area is 105 Å². The predicted molar refractivity (Wildman–Crippen MR) is 57.5 cm³/mol. The normalized spacial score (nSPS) is 11.6. The third-order valence-electron chi connectivity index (χ3n) is 1.85. The van der Waals surface area contributed by atoms with Gasteiger partial charge in [0.25, 0.3) is 9.05 Å². The zero-order valence-corrected chi connectivity index (χ0v) is 10.3. The minimum Gasteiger partial charge on any atom is -0.427 e. The fourth-order valence-corrected chi connectivity index (χ4v) is 2.35. The van der Waals surface area contributed by atoms with Crippen molar-refractivity contribution in [3.8, 4) is 5.75 Å². The van der Waals surface area contributed by atoms with Gasteiger partial charge in [0.05, 0.1) is 4.92 Å². The molecule has 0 saturated carbocycles. The van der Waals surface area contributed by atoms with Gasteiger partial charge in [-0.3, -0.25) is 10.1 Å². The lowest BCUT2D eigenvalue weighted by atomic mass is 10.2. The first-order valence-electron chi connectivity index (χ1n) is 4.31. The number of benzene rings is 1. The summed E-state index contributed by atoms with van der Waals surface area (Å²) in [7, 11) is 0.559. The molecule has 0 atom stereocenters. The summed E-state index contributed by atoms with van der Waals surface area (Å²) < 4.78 is 50.5. The number of nitro benzene ring substituents is 1. The highest BCUT2D eigenvalue weighted by atomic mass is 35.7. The van der Waals surface area contributed by atoms with Crippen LogP contribution >= 0.6 is 10.7 Å². The van der Waals surface area contributed by atoms with E-state index in [1.807, 2.05) is 0 Å². The highest BCUT2D eigenvalue weighted by molar-refractivity contribution is 8.13. The fraction of sp³-hybridized carbons (Fsp3) is 0.250. The average molecular weight is 302 g/mol. The van der Waals surface area contributed by atoms with E-state index in [4.69, 9.17) is 10.7 Å². The third-order valence-corrected chi connectivity index (χ3v) is 3.18. The van der Waals surface area contributed by atoms with E-state index < -0.39 is 36.9 Å². The Morgan fingerprint density at radius 1 is 1.44 bits per heavy atom. The largest absolute Gasteiger partial charge is 0.427 e. The maximum absolute atomic E-state index is 12.1. The van der Waals surface area contributed by atoms with E-state index in [0.29, 0.717) is 0 Å². The fourth-order valence-electron chi connectivity index (χ4n) is 1.26. The molecule has 0 aliphatic rings. The third kappa shape index (κ3) is 3.26. The van der Waals surface area contributed by atoms with Gasteiger partial charge < -0.3 is 4.74 Å². The molecule has 1 aromatic rings. The van der Waals surface area contributed by atoms with Gasteiger partial charge in [0.2, 0.25) is 5.75 Å². The summed E-state index contributed by atoms with van der Waals surface area (Å²) >= 11 is 0. The Morgan fingerprint density at radius 2 is 2.00 bits per heavy atom. The lowest BCUT2D eigenvalue weighted by Crippen LogP contribution is -2.08. The van der Waals surface area contributed by atoms with Crippen LogP contribution in [0.2, 0.25) is 0 Å². The highest BCUT2D eigenvalue weighted by Crippen LogP contribution is 2.37. The van der Waals surface area contributed by atoms with E-state index in [9.17, 15) is 27.3 Å². The molecule has 0 heterocycles. The van der Waals surface area contributed by atoms with Crippen LogP contribution < -0.4 is 4.74 Å². The number of hydrogen-bond donors (Lipinski definition) is 0. The van der Waals surface area contributed by atoms with Crippen molar-refractivity contribution >= 4 is 25.4 Å². The van der Waals surface area contributed by atoms with Crippen molar-refractivity contribution in [2.45, 2.75) is 18.4 Å². The van der Waals surface area contributed by atoms with Crippen LogP contribution in [0.3, 0.4) is 0 Å². The number of alkyl halides is 2. The summed E-state index contributed by atoms with van der Waals surface area (Å²) in [5, 5.41) is 10.7. The van der Waals surface area contributed by atoms with E-state index in [1.165, 1.54) is 6.92 Å².